The highest BCUT2D eigenvalue weighted by Gasteiger charge is 2.54. The molecule has 0 radical (unpaired) electrons. The van der Waals surface area contributed by atoms with E-state index in [4.69, 9.17) is 15.0 Å². The first-order valence-electron chi connectivity index (χ1n) is 10.5. The largest absolute Gasteiger partial charge is 0.492 e. The van der Waals surface area contributed by atoms with Crippen molar-refractivity contribution in [3.05, 3.63) is 33.9 Å². The van der Waals surface area contributed by atoms with Gasteiger partial charge in [-0.05, 0) is 31.7 Å². The van der Waals surface area contributed by atoms with Gasteiger partial charge in [0.15, 0.2) is 11.6 Å². The summed E-state index contributed by atoms with van der Waals surface area (Å²) in [6.07, 6.45) is 5.92. The second-order valence-electron chi connectivity index (χ2n) is 9.03. The first kappa shape index (κ1) is 23.5. The molecule has 1 aromatic carbocycles. The van der Waals surface area contributed by atoms with Gasteiger partial charge >= 0.3 is 5.97 Å². The number of carboxylic acid groups (broad SMARTS) is 1. The van der Waals surface area contributed by atoms with Crippen molar-refractivity contribution >= 4 is 32.7 Å². The zero-order valence-electron chi connectivity index (χ0n) is 18.2. The molecule has 1 aromatic heterocycles. The van der Waals surface area contributed by atoms with Gasteiger partial charge < -0.3 is 25.0 Å². The van der Waals surface area contributed by atoms with E-state index in [9.17, 15) is 23.1 Å². The van der Waals surface area contributed by atoms with E-state index in [0.717, 1.165) is 31.7 Å². The molecule has 1 atom stereocenters. The number of rotatable bonds is 4. The van der Waals surface area contributed by atoms with Crippen LogP contribution in [0.15, 0.2) is 17.1 Å². The molecule has 3 fully saturated rings. The minimum Gasteiger partial charge on any atom is -0.492 e. The number of nitrogens with zero attached hydrogens (tertiary/aromatic N) is 2. The highest BCUT2D eigenvalue weighted by molar-refractivity contribution is 7.85. The molecule has 10 nitrogen and oxygen atoms in total. The van der Waals surface area contributed by atoms with Gasteiger partial charge in [-0.15, -0.1) is 0 Å². The number of nitrogens with two attached hydrogens (primary N) is 1. The van der Waals surface area contributed by atoms with Crippen molar-refractivity contribution in [3.63, 3.8) is 0 Å². The quantitative estimate of drug-likeness (QED) is 0.551. The Hall–Kier alpha value is -2.70. The average Bonchev–Trinajstić information content (AvgIpc) is 3.60. The van der Waals surface area contributed by atoms with E-state index in [-0.39, 0.29) is 34.2 Å². The summed E-state index contributed by atoms with van der Waals surface area (Å²) in [6.45, 7) is 1.19. The zero-order chi connectivity index (χ0) is 24.3. The van der Waals surface area contributed by atoms with Gasteiger partial charge in [0.05, 0.1) is 24.3 Å². The summed E-state index contributed by atoms with van der Waals surface area (Å²) in [7, 11) is -2.21. The van der Waals surface area contributed by atoms with Crippen LogP contribution in [0.5, 0.6) is 5.75 Å². The fourth-order valence-electron chi connectivity index (χ4n) is 4.58. The van der Waals surface area contributed by atoms with E-state index in [1.54, 1.807) is 4.57 Å². The van der Waals surface area contributed by atoms with Gasteiger partial charge in [-0.25, -0.2) is 9.18 Å². The molecule has 33 heavy (non-hydrogen) atoms. The van der Waals surface area contributed by atoms with Crippen molar-refractivity contribution in [3.8, 4) is 5.75 Å². The maximum absolute atomic E-state index is 15.2. The maximum atomic E-state index is 15.2. The molecule has 1 saturated heterocycles. The van der Waals surface area contributed by atoms with E-state index in [2.05, 4.69) is 0 Å². The van der Waals surface area contributed by atoms with Gasteiger partial charge in [-0.2, -0.15) is 8.42 Å². The number of pyridine rings is 1. The Labute approximate surface area is 189 Å². The lowest BCUT2D eigenvalue weighted by Gasteiger charge is -2.24. The number of ether oxygens (including phenoxy) is 1. The van der Waals surface area contributed by atoms with Gasteiger partial charge in [0.1, 0.15) is 11.3 Å². The first-order chi connectivity index (χ1) is 15.4. The number of aromatic nitrogens is 1. The van der Waals surface area contributed by atoms with Crippen LogP contribution in [0.3, 0.4) is 0 Å². The van der Waals surface area contributed by atoms with E-state index < -0.39 is 27.3 Å². The van der Waals surface area contributed by atoms with Crippen LogP contribution in [-0.4, -0.2) is 61.1 Å². The van der Waals surface area contributed by atoms with Gasteiger partial charge in [0, 0.05) is 36.8 Å². The van der Waals surface area contributed by atoms with Crippen LogP contribution in [0.1, 0.15) is 42.1 Å². The maximum Gasteiger partial charge on any atom is 0.341 e. The number of anilines is 1. The molecule has 180 valence electrons. The molecule has 2 aliphatic carbocycles. The normalized spacial score (nSPS) is 21.1. The number of halogens is 1. The van der Waals surface area contributed by atoms with Crippen molar-refractivity contribution in [2.75, 3.05) is 31.4 Å². The number of fused-ring (bicyclic) bond motifs is 1. The van der Waals surface area contributed by atoms with Gasteiger partial charge in [0.2, 0.25) is 5.43 Å². The third kappa shape index (κ3) is 4.42. The minimum atomic E-state index is -3.67. The highest BCUT2D eigenvalue weighted by atomic mass is 32.2. The fraction of sp³-hybridized carbons (Fsp3) is 0.524. The number of aromatic carboxylic acids is 1. The predicted octanol–water partition coefficient (Wildman–Crippen LogP) is 1.61. The molecule has 0 bridgehead atoms. The van der Waals surface area contributed by atoms with Crippen LogP contribution in [-0.2, 0) is 10.1 Å². The third-order valence-electron chi connectivity index (χ3n) is 6.49. The van der Waals surface area contributed by atoms with Crippen molar-refractivity contribution in [2.24, 2.45) is 11.1 Å². The topological polar surface area (TPSA) is 152 Å². The molecule has 1 aliphatic heterocycles. The van der Waals surface area contributed by atoms with E-state index in [0.29, 0.717) is 30.5 Å². The molecular formula is C21H26FN3O7S. The summed E-state index contributed by atoms with van der Waals surface area (Å²) in [5.74, 6) is -1.62. The summed E-state index contributed by atoms with van der Waals surface area (Å²) in [4.78, 5) is 26.2. The molecule has 2 heterocycles. The van der Waals surface area contributed by atoms with Crippen LogP contribution in [0.2, 0.25) is 0 Å². The van der Waals surface area contributed by atoms with Crippen LogP contribution in [0.25, 0.3) is 10.9 Å². The van der Waals surface area contributed by atoms with E-state index >= 15 is 4.39 Å². The Morgan fingerprint density at radius 1 is 1.33 bits per heavy atom. The lowest BCUT2D eigenvalue weighted by atomic mass is 10.0. The molecule has 12 heteroatoms. The lowest BCUT2D eigenvalue weighted by Crippen LogP contribution is -2.30. The molecule has 2 saturated carbocycles. The summed E-state index contributed by atoms with van der Waals surface area (Å²) < 4.78 is 48.5. The molecule has 0 amide bonds. The Balaban J connectivity index is 0.000000471. The number of methoxy groups -OCH3 is 1. The molecule has 5 rings (SSSR count). The van der Waals surface area contributed by atoms with Gasteiger partial charge in [-0.3, -0.25) is 9.35 Å². The fourth-order valence-corrected chi connectivity index (χ4v) is 4.58. The van der Waals surface area contributed by atoms with Gasteiger partial charge in [-0.1, -0.05) is 0 Å². The SMILES string of the molecule is COc1c(N2CC(N)C3(CC3)C2)c(F)cc2c(=O)c(C(=O)O)cn(C3CC3)c12.CS(=O)(=O)O. The van der Waals surface area contributed by atoms with Crippen LogP contribution >= 0.6 is 0 Å². The number of carbonyl (C=O) groups is 1. The Kier molecular flexibility index (Phi) is 5.66. The van der Waals surface area contributed by atoms with Crippen LogP contribution in [0.4, 0.5) is 10.1 Å². The monoisotopic (exact) mass is 483 g/mol. The molecule has 4 N–H and O–H groups in total. The standard InChI is InChI=1S/C20H22FN3O4.CH4O3S/c1-28-18-15-11(17(25)12(19(26)27)7-24(15)10-2-3-10)6-13(21)16(18)23-8-14(22)20(9-23)4-5-20;1-5(2,3)4/h6-7,10,14H,2-5,8-9,22H2,1H3,(H,26,27);1H3,(H,2,3,4). The number of carboxylic acids is 1. The molecule has 2 aromatic rings. The zero-order valence-corrected chi connectivity index (χ0v) is 19.1. The molecular weight excluding hydrogens is 457 g/mol. The van der Waals surface area contributed by atoms with E-state index in [1.807, 2.05) is 4.90 Å². The van der Waals surface area contributed by atoms with Crippen LogP contribution < -0.4 is 20.8 Å². The van der Waals surface area contributed by atoms with Crippen molar-refractivity contribution < 1.29 is 32.0 Å². The number of benzene rings is 1. The Bertz CT molecular complexity index is 1290. The number of hydrogen-bond acceptors (Lipinski definition) is 7. The number of hydrogen-bond donors (Lipinski definition) is 3. The minimum absolute atomic E-state index is 0.0210. The summed E-state index contributed by atoms with van der Waals surface area (Å²) in [5.41, 5.74) is 6.07. The lowest BCUT2D eigenvalue weighted by molar-refractivity contribution is 0.0694. The van der Waals surface area contributed by atoms with Crippen molar-refractivity contribution in [1.29, 1.82) is 0 Å². The Morgan fingerprint density at radius 2 is 1.94 bits per heavy atom. The first-order valence-corrected chi connectivity index (χ1v) is 12.3. The Morgan fingerprint density at radius 3 is 2.39 bits per heavy atom. The van der Waals surface area contributed by atoms with Gasteiger partial charge in [0.25, 0.3) is 10.1 Å². The van der Waals surface area contributed by atoms with E-state index in [1.165, 1.54) is 13.3 Å². The van der Waals surface area contributed by atoms with Crippen LogP contribution in [0, 0.1) is 11.2 Å². The summed E-state index contributed by atoms with van der Waals surface area (Å²) in [6, 6.07) is 1.22. The average molecular weight is 484 g/mol. The second kappa shape index (κ2) is 7.96. The smallest absolute Gasteiger partial charge is 0.341 e. The highest BCUT2D eigenvalue weighted by Crippen LogP contribution is 2.54. The van der Waals surface area contributed by atoms with Crippen molar-refractivity contribution in [2.45, 2.75) is 37.8 Å². The molecule has 1 spiro atoms. The summed E-state index contributed by atoms with van der Waals surface area (Å²) in [5, 5.41) is 9.44. The predicted molar refractivity (Wildman–Crippen MR) is 119 cm³/mol. The second-order valence-corrected chi connectivity index (χ2v) is 10.5. The summed E-state index contributed by atoms with van der Waals surface area (Å²) >= 11 is 0. The molecule has 1 unspecified atom stereocenters. The van der Waals surface area contributed by atoms with Crippen molar-refractivity contribution in [1.82, 2.24) is 4.57 Å². The third-order valence-corrected chi connectivity index (χ3v) is 6.49. The molecule has 3 aliphatic rings.